The summed E-state index contributed by atoms with van der Waals surface area (Å²) in [6.45, 7) is 6.67. The second-order valence-corrected chi connectivity index (χ2v) is 6.07. The molecule has 106 valence electrons. The van der Waals surface area contributed by atoms with Gasteiger partial charge in [-0.25, -0.2) is 4.98 Å². The summed E-state index contributed by atoms with van der Waals surface area (Å²) in [5, 5.41) is 3.95. The van der Waals surface area contributed by atoms with Gasteiger partial charge >= 0.3 is 0 Å². The van der Waals surface area contributed by atoms with E-state index < -0.39 is 0 Å². The quantitative estimate of drug-likeness (QED) is 0.912. The Kier molecular flexibility index (Phi) is 4.90. The van der Waals surface area contributed by atoms with Crippen molar-refractivity contribution in [3.05, 3.63) is 51.0 Å². The monoisotopic (exact) mass is 288 g/mol. The van der Waals surface area contributed by atoms with Crippen molar-refractivity contribution in [3.8, 4) is 0 Å². The van der Waals surface area contributed by atoms with Gasteiger partial charge in [0, 0.05) is 6.54 Å². The maximum Gasteiger partial charge on any atom is 0.263 e. The smallest absolute Gasteiger partial charge is 0.263 e. The number of amides is 1. The molecule has 0 saturated carbocycles. The van der Waals surface area contributed by atoms with Gasteiger partial charge in [0.2, 0.25) is 0 Å². The molecule has 20 heavy (non-hydrogen) atoms. The van der Waals surface area contributed by atoms with Crippen molar-refractivity contribution < 1.29 is 4.79 Å². The normalized spacial score (nSPS) is 10.6. The molecule has 0 aliphatic heterocycles. The number of aryl methyl sites for hydroxylation is 3. The molecular weight excluding hydrogens is 268 g/mol. The van der Waals surface area contributed by atoms with Crippen LogP contribution >= 0.6 is 11.3 Å². The first kappa shape index (κ1) is 14.7. The molecule has 0 atom stereocenters. The van der Waals surface area contributed by atoms with Crippen LogP contribution in [0.5, 0.6) is 0 Å². The average Bonchev–Trinajstić information content (AvgIpc) is 2.79. The fourth-order valence-corrected chi connectivity index (χ4v) is 3.00. The highest BCUT2D eigenvalue weighted by Crippen LogP contribution is 2.19. The third kappa shape index (κ3) is 3.45. The summed E-state index contributed by atoms with van der Waals surface area (Å²) >= 11 is 1.48. The minimum Gasteiger partial charge on any atom is -0.347 e. The van der Waals surface area contributed by atoms with Gasteiger partial charge in [-0.2, -0.15) is 0 Å². The molecule has 0 fully saturated rings. The van der Waals surface area contributed by atoms with Crippen molar-refractivity contribution in [1.82, 2.24) is 10.3 Å². The van der Waals surface area contributed by atoms with E-state index in [4.69, 9.17) is 0 Å². The zero-order chi connectivity index (χ0) is 14.5. The minimum atomic E-state index is -0.0118. The molecule has 0 bridgehead atoms. The molecule has 2 rings (SSSR count). The van der Waals surface area contributed by atoms with E-state index in [1.165, 1.54) is 16.9 Å². The molecule has 0 radical (unpaired) electrons. The lowest BCUT2D eigenvalue weighted by Crippen LogP contribution is -2.23. The first-order chi connectivity index (χ1) is 9.61. The predicted octanol–water partition coefficient (Wildman–Crippen LogP) is 3.64. The van der Waals surface area contributed by atoms with Crippen molar-refractivity contribution >= 4 is 17.2 Å². The standard InChI is InChI=1S/C16H20N2OS/c1-4-7-14-15(20-12(3)18-14)16(19)17-10-13-9-6-5-8-11(13)2/h5-6,8-9H,4,7,10H2,1-3H3,(H,17,19). The molecule has 0 unspecified atom stereocenters. The van der Waals surface area contributed by atoms with Crippen LogP contribution in [0.2, 0.25) is 0 Å². The predicted molar refractivity (Wildman–Crippen MR) is 83.2 cm³/mol. The number of rotatable bonds is 5. The van der Waals surface area contributed by atoms with Crippen LogP contribution < -0.4 is 5.32 Å². The summed E-state index contributed by atoms with van der Waals surface area (Å²) in [6, 6.07) is 8.10. The van der Waals surface area contributed by atoms with Crippen LogP contribution in [-0.4, -0.2) is 10.9 Å². The zero-order valence-electron chi connectivity index (χ0n) is 12.2. The molecule has 3 nitrogen and oxygen atoms in total. The Balaban J connectivity index is 2.07. The van der Waals surface area contributed by atoms with Gasteiger partial charge in [-0.1, -0.05) is 37.6 Å². The summed E-state index contributed by atoms with van der Waals surface area (Å²) in [7, 11) is 0. The number of hydrogen-bond acceptors (Lipinski definition) is 3. The number of hydrogen-bond donors (Lipinski definition) is 1. The molecule has 0 saturated heterocycles. The van der Waals surface area contributed by atoms with E-state index in [-0.39, 0.29) is 5.91 Å². The van der Waals surface area contributed by atoms with E-state index in [0.29, 0.717) is 6.54 Å². The van der Waals surface area contributed by atoms with Gasteiger partial charge in [-0.3, -0.25) is 4.79 Å². The Morgan fingerprint density at radius 2 is 2.05 bits per heavy atom. The topological polar surface area (TPSA) is 42.0 Å². The van der Waals surface area contributed by atoms with Crippen molar-refractivity contribution in [3.63, 3.8) is 0 Å². The van der Waals surface area contributed by atoms with Crippen LogP contribution in [0.4, 0.5) is 0 Å². The Bertz CT molecular complexity index is 604. The van der Waals surface area contributed by atoms with Gasteiger partial charge in [-0.15, -0.1) is 11.3 Å². The third-order valence-corrected chi connectivity index (χ3v) is 4.21. The SMILES string of the molecule is CCCc1nc(C)sc1C(=O)NCc1ccccc1C. The van der Waals surface area contributed by atoms with Gasteiger partial charge in [0.05, 0.1) is 10.7 Å². The van der Waals surface area contributed by atoms with Crippen LogP contribution in [0.15, 0.2) is 24.3 Å². The molecule has 1 N–H and O–H groups in total. The molecule has 0 aliphatic rings. The van der Waals surface area contributed by atoms with Crippen molar-refractivity contribution in [2.24, 2.45) is 0 Å². The largest absolute Gasteiger partial charge is 0.347 e. The molecule has 1 amide bonds. The Labute approximate surface area is 124 Å². The molecule has 1 heterocycles. The lowest BCUT2D eigenvalue weighted by molar-refractivity contribution is 0.0954. The van der Waals surface area contributed by atoms with Gasteiger partial charge in [-0.05, 0) is 31.4 Å². The minimum absolute atomic E-state index is 0.0118. The van der Waals surface area contributed by atoms with E-state index in [0.717, 1.165) is 34.0 Å². The average molecular weight is 288 g/mol. The summed E-state index contributed by atoms with van der Waals surface area (Å²) in [5.74, 6) is -0.0118. The number of carbonyl (C=O) groups is 1. The molecule has 0 aliphatic carbocycles. The lowest BCUT2D eigenvalue weighted by Gasteiger charge is -2.07. The number of thiazole rings is 1. The molecule has 1 aromatic carbocycles. The van der Waals surface area contributed by atoms with Crippen LogP contribution in [0.1, 0.15) is 44.8 Å². The summed E-state index contributed by atoms with van der Waals surface area (Å²) < 4.78 is 0. The highest BCUT2D eigenvalue weighted by Gasteiger charge is 2.15. The lowest BCUT2D eigenvalue weighted by atomic mass is 10.1. The van der Waals surface area contributed by atoms with Gasteiger partial charge in [0.1, 0.15) is 4.88 Å². The van der Waals surface area contributed by atoms with E-state index in [2.05, 4.69) is 30.2 Å². The Hall–Kier alpha value is -1.68. The van der Waals surface area contributed by atoms with Crippen LogP contribution in [0.3, 0.4) is 0 Å². The van der Waals surface area contributed by atoms with Crippen molar-refractivity contribution in [1.29, 1.82) is 0 Å². The van der Waals surface area contributed by atoms with Gasteiger partial charge in [0.25, 0.3) is 5.91 Å². The Morgan fingerprint density at radius 3 is 2.75 bits per heavy atom. The van der Waals surface area contributed by atoms with Crippen molar-refractivity contribution in [2.75, 3.05) is 0 Å². The van der Waals surface area contributed by atoms with E-state index in [1.54, 1.807) is 0 Å². The molecule has 1 aromatic heterocycles. The van der Waals surface area contributed by atoms with Gasteiger partial charge < -0.3 is 5.32 Å². The van der Waals surface area contributed by atoms with Crippen LogP contribution in [0, 0.1) is 13.8 Å². The van der Waals surface area contributed by atoms with Crippen LogP contribution in [0.25, 0.3) is 0 Å². The fraction of sp³-hybridized carbons (Fsp3) is 0.375. The summed E-state index contributed by atoms with van der Waals surface area (Å²) in [4.78, 5) is 17.5. The third-order valence-electron chi connectivity index (χ3n) is 3.20. The zero-order valence-corrected chi connectivity index (χ0v) is 13.0. The first-order valence-corrected chi connectivity index (χ1v) is 7.72. The number of aromatic nitrogens is 1. The highest BCUT2D eigenvalue weighted by atomic mass is 32.1. The molecule has 2 aromatic rings. The summed E-state index contributed by atoms with van der Waals surface area (Å²) in [6.07, 6.45) is 1.86. The number of nitrogens with one attached hydrogen (secondary N) is 1. The van der Waals surface area contributed by atoms with Crippen LogP contribution in [-0.2, 0) is 13.0 Å². The molecule has 4 heteroatoms. The molecule has 0 spiro atoms. The fourth-order valence-electron chi connectivity index (χ4n) is 2.12. The second kappa shape index (κ2) is 6.66. The Morgan fingerprint density at radius 1 is 1.30 bits per heavy atom. The number of carbonyl (C=O) groups excluding carboxylic acids is 1. The van der Waals surface area contributed by atoms with E-state index in [1.807, 2.05) is 25.1 Å². The second-order valence-electron chi connectivity index (χ2n) is 4.87. The van der Waals surface area contributed by atoms with E-state index >= 15 is 0 Å². The number of benzene rings is 1. The molecular formula is C16H20N2OS. The number of nitrogens with zero attached hydrogens (tertiary/aromatic N) is 1. The highest BCUT2D eigenvalue weighted by molar-refractivity contribution is 7.13. The van der Waals surface area contributed by atoms with Gasteiger partial charge in [0.15, 0.2) is 0 Å². The van der Waals surface area contributed by atoms with Crippen molar-refractivity contribution in [2.45, 2.75) is 40.2 Å². The van der Waals surface area contributed by atoms with E-state index in [9.17, 15) is 4.79 Å². The first-order valence-electron chi connectivity index (χ1n) is 6.90. The summed E-state index contributed by atoms with van der Waals surface area (Å²) in [5.41, 5.74) is 3.28. The maximum atomic E-state index is 12.3. The maximum absolute atomic E-state index is 12.3.